The highest BCUT2D eigenvalue weighted by Crippen LogP contribution is 2.30. The van der Waals surface area contributed by atoms with E-state index in [1.807, 2.05) is 52.8 Å². The maximum atomic E-state index is 12.5. The monoisotopic (exact) mass is 496 g/mol. The van der Waals surface area contributed by atoms with Crippen LogP contribution in [0.15, 0.2) is 44.0 Å². The number of rotatable bonds is 6. The highest BCUT2D eigenvalue weighted by atomic mass is 16.6. The topological polar surface area (TPSA) is 149 Å². The molecule has 0 aliphatic carbocycles. The third-order valence-electron chi connectivity index (χ3n) is 5.88. The van der Waals surface area contributed by atoms with Gasteiger partial charge in [0.25, 0.3) is 0 Å². The average Bonchev–Trinajstić information content (AvgIpc) is 3.13. The molecule has 0 spiro atoms. The summed E-state index contributed by atoms with van der Waals surface area (Å²) in [6, 6.07) is 5.73. The van der Waals surface area contributed by atoms with Crippen molar-refractivity contribution in [3.05, 3.63) is 46.4 Å². The summed E-state index contributed by atoms with van der Waals surface area (Å²) >= 11 is 0. The van der Waals surface area contributed by atoms with E-state index in [4.69, 9.17) is 25.6 Å². The third kappa shape index (κ3) is 6.05. The van der Waals surface area contributed by atoms with Gasteiger partial charge in [-0.1, -0.05) is 11.6 Å². The second kappa shape index (κ2) is 10.8. The number of allylic oxidation sites excluding steroid dienone is 1. The number of aryl methyl sites for hydroxylation is 2. The number of ether oxygens (including phenoxy) is 1. The number of amidine groups is 1. The zero-order chi connectivity index (χ0) is 26.6. The molecule has 10 heteroatoms. The number of nitrogens with one attached hydrogen (secondary N) is 1. The zero-order valence-corrected chi connectivity index (χ0v) is 21.8. The molecule has 0 unspecified atom stereocenters. The van der Waals surface area contributed by atoms with Gasteiger partial charge in [-0.15, -0.1) is 0 Å². The zero-order valence-electron chi connectivity index (χ0n) is 21.8. The van der Waals surface area contributed by atoms with Gasteiger partial charge in [-0.3, -0.25) is 9.79 Å². The van der Waals surface area contributed by atoms with Crippen molar-refractivity contribution in [3.8, 4) is 0 Å². The summed E-state index contributed by atoms with van der Waals surface area (Å²) in [5, 5.41) is 4.99. The molecule has 0 saturated carbocycles. The first-order chi connectivity index (χ1) is 16.9. The highest BCUT2D eigenvalue weighted by Gasteiger charge is 2.30. The minimum atomic E-state index is -0.563. The van der Waals surface area contributed by atoms with Gasteiger partial charge in [0, 0.05) is 31.1 Å². The lowest BCUT2D eigenvalue weighted by molar-refractivity contribution is -0.105. The van der Waals surface area contributed by atoms with Crippen LogP contribution in [-0.4, -0.2) is 60.6 Å². The number of carbonyl (C=O) groups excluding carboxylic acids is 2. The molecule has 10 nitrogen and oxygen atoms in total. The van der Waals surface area contributed by atoms with Crippen molar-refractivity contribution in [2.45, 2.75) is 59.1 Å². The maximum absolute atomic E-state index is 12.5. The van der Waals surface area contributed by atoms with Crippen LogP contribution in [0.3, 0.4) is 0 Å². The molecule has 1 aliphatic rings. The molecule has 194 valence electrons. The Bertz CT molecular complexity index is 1230. The lowest BCUT2D eigenvalue weighted by atomic mass is 9.99. The van der Waals surface area contributed by atoms with Gasteiger partial charge in [0.05, 0.1) is 17.3 Å². The first kappa shape index (κ1) is 26.8. The predicted molar refractivity (Wildman–Crippen MR) is 141 cm³/mol. The molecule has 1 amide bonds. The van der Waals surface area contributed by atoms with Crippen molar-refractivity contribution in [2.75, 3.05) is 20.1 Å². The Labute approximate surface area is 211 Å². The predicted octanol–water partition coefficient (Wildman–Crippen LogP) is 3.14. The van der Waals surface area contributed by atoms with Gasteiger partial charge in [-0.2, -0.15) is 5.10 Å². The summed E-state index contributed by atoms with van der Waals surface area (Å²) in [5.74, 6) is 0.488. The van der Waals surface area contributed by atoms with Crippen LogP contribution in [0.5, 0.6) is 0 Å². The normalized spacial score (nSPS) is 16.7. The summed E-state index contributed by atoms with van der Waals surface area (Å²) in [6.45, 7) is 10.4. The molecule has 2 aromatic rings. The molecule has 0 atom stereocenters. The van der Waals surface area contributed by atoms with Crippen molar-refractivity contribution < 1.29 is 18.7 Å². The molecule has 3 rings (SSSR count). The van der Waals surface area contributed by atoms with Crippen molar-refractivity contribution in [1.29, 1.82) is 0 Å². The van der Waals surface area contributed by atoms with Gasteiger partial charge >= 0.3 is 6.09 Å². The first-order valence-electron chi connectivity index (χ1n) is 12.0. The van der Waals surface area contributed by atoms with Gasteiger partial charge < -0.3 is 30.9 Å². The van der Waals surface area contributed by atoms with Gasteiger partial charge in [0.15, 0.2) is 17.9 Å². The van der Waals surface area contributed by atoms with Crippen molar-refractivity contribution >= 4 is 34.9 Å². The number of benzene rings is 1. The fraction of sp³-hybridized carbons (Fsp3) is 0.462. The van der Waals surface area contributed by atoms with E-state index in [-0.39, 0.29) is 29.2 Å². The molecule has 1 aromatic carbocycles. The quantitative estimate of drug-likeness (QED) is 0.183. The number of piperidine rings is 1. The number of nitrogens with zero attached hydrogens (tertiary/aromatic N) is 3. The second-order valence-corrected chi connectivity index (χ2v) is 9.90. The molecule has 1 aliphatic heterocycles. The number of hydrazone groups is 1. The number of nitrogens with two attached hydrogens (primary N) is 2. The smallest absolute Gasteiger partial charge is 0.410 e. The summed E-state index contributed by atoms with van der Waals surface area (Å²) in [6.07, 6.45) is 1.37. The number of amides is 1. The number of furan rings is 1. The van der Waals surface area contributed by atoms with Crippen LogP contribution in [0.25, 0.3) is 11.0 Å². The van der Waals surface area contributed by atoms with Crippen LogP contribution < -0.4 is 16.9 Å². The lowest BCUT2D eigenvalue weighted by Gasteiger charge is -2.32. The number of hydrogen-bond acceptors (Lipinski definition) is 8. The fourth-order valence-electron chi connectivity index (χ4n) is 4.13. The third-order valence-corrected chi connectivity index (χ3v) is 5.88. The van der Waals surface area contributed by atoms with Crippen LogP contribution in [0.4, 0.5) is 4.79 Å². The number of hydrogen-bond donors (Lipinski definition) is 3. The number of likely N-dealkylation sites (tertiary alicyclic amines) is 1. The largest absolute Gasteiger partial charge is 0.454 e. The van der Waals surface area contributed by atoms with Crippen LogP contribution in [0.2, 0.25) is 0 Å². The van der Waals surface area contributed by atoms with E-state index in [2.05, 4.69) is 10.5 Å². The Morgan fingerprint density at radius 3 is 2.47 bits per heavy atom. The molecule has 1 aromatic heterocycles. The van der Waals surface area contributed by atoms with Crippen molar-refractivity contribution in [3.63, 3.8) is 0 Å². The van der Waals surface area contributed by atoms with Gasteiger partial charge in [-0.25, -0.2) is 4.79 Å². The summed E-state index contributed by atoms with van der Waals surface area (Å²) in [4.78, 5) is 30.9. The molecule has 1 fully saturated rings. The van der Waals surface area contributed by atoms with Crippen LogP contribution in [0, 0.1) is 13.8 Å². The number of carbonyl (C=O) groups is 2. The SMILES string of the molecule is CN/N=C(/N)C(C(=NC1CCN(C(=O)OC(C)(C)C)CC1)c1oc2ccc(C)cc2c1C)=C(N)C=O. The Morgan fingerprint density at radius 2 is 1.89 bits per heavy atom. The van der Waals surface area contributed by atoms with Gasteiger partial charge in [0.1, 0.15) is 16.9 Å². The molecular weight excluding hydrogens is 460 g/mol. The van der Waals surface area contributed by atoms with Crippen molar-refractivity contribution in [1.82, 2.24) is 10.3 Å². The Kier molecular flexibility index (Phi) is 8.07. The molecule has 5 N–H and O–H groups in total. The number of aldehydes is 1. The Balaban J connectivity index is 2.05. The number of fused-ring (bicyclic) bond motifs is 1. The standard InChI is InChI=1S/C26H36N6O4/c1-15-7-8-20-18(13-15)16(2)23(35-20)22(21(19(27)14-33)24(28)31-29-6)30-17-9-11-32(12-10-17)25(34)36-26(3,4)5/h7-8,13-14,17,29H,9-12,27H2,1-6H3,(H2,28,31). The summed E-state index contributed by atoms with van der Waals surface area (Å²) in [7, 11) is 1.60. The first-order valence-corrected chi connectivity index (χ1v) is 12.0. The fourth-order valence-corrected chi connectivity index (χ4v) is 4.13. The highest BCUT2D eigenvalue weighted by molar-refractivity contribution is 6.31. The molecule has 36 heavy (non-hydrogen) atoms. The maximum Gasteiger partial charge on any atom is 0.410 e. The van der Waals surface area contributed by atoms with E-state index < -0.39 is 5.60 Å². The Hall–Kier alpha value is -3.82. The van der Waals surface area contributed by atoms with E-state index in [0.717, 1.165) is 16.5 Å². The van der Waals surface area contributed by atoms with E-state index in [0.29, 0.717) is 49.3 Å². The van der Waals surface area contributed by atoms with Gasteiger partial charge in [-0.05, 0) is 59.6 Å². The molecule has 2 heterocycles. The van der Waals surface area contributed by atoms with Crippen LogP contribution >= 0.6 is 0 Å². The summed E-state index contributed by atoms with van der Waals surface area (Å²) < 4.78 is 11.7. The van der Waals surface area contributed by atoms with E-state index in [9.17, 15) is 9.59 Å². The molecule has 0 bridgehead atoms. The lowest BCUT2D eigenvalue weighted by Crippen LogP contribution is -2.43. The average molecular weight is 497 g/mol. The number of aliphatic imine (C=N–C) groups is 1. The van der Waals surface area contributed by atoms with E-state index in [1.54, 1.807) is 11.9 Å². The van der Waals surface area contributed by atoms with Crippen molar-refractivity contribution in [2.24, 2.45) is 21.6 Å². The minimum absolute atomic E-state index is 0.0167. The van der Waals surface area contributed by atoms with Gasteiger partial charge in [0.2, 0.25) is 0 Å². The Morgan fingerprint density at radius 1 is 1.22 bits per heavy atom. The second-order valence-electron chi connectivity index (χ2n) is 9.90. The van der Waals surface area contributed by atoms with Crippen LogP contribution in [-0.2, 0) is 9.53 Å². The molecular formula is C26H36N6O4. The minimum Gasteiger partial charge on any atom is -0.454 e. The summed E-state index contributed by atoms with van der Waals surface area (Å²) in [5.41, 5.74) is 17.5. The van der Waals surface area contributed by atoms with E-state index in [1.165, 1.54) is 0 Å². The molecule has 0 radical (unpaired) electrons. The molecule has 1 saturated heterocycles. The van der Waals surface area contributed by atoms with Crippen LogP contribution in [0.1, 0.15) is 50.5 Å². The van der Waals surface area contributed by atoms with E-state index >= 15 is 0 Å².